The topological polar surface area (TPSA) is 115 Å². The maximum Gasteiger partial charge on any atom is 0.337 e. The first kappa shape index (κ1) is 21.1. The molecular formula is C19H19NO7S2. The van der Waals surface area contributed by atoms with Gasteiger partial charge in [0, 0.05) is 4.88 Å². The first-order valence-corrected chi connectivity index (χ1v) is 10.7. The van der Waals surface area contributed by atoms with Crippen LogP contribution in [0.5, 0.6) is 5.75 Å². The summed E-state index contributed by atoms with van der Waals surface area (Å²) in [7, 11) is -1.65. The number of aliphatic hydroxyl groups is 1. The second kappa shape index (κ2) is 8.37. The Balaban J connectivity index is 1.96. The number of hydrogen-bond acceptors (Lipinski definition) is 8. The van der Waals surface area contributed by atoms with Crippen LogP contribution in [0.1, 0.15) is 21.0 Å². The van der Waals surface area contributed by atoms with Crippen molar-refractivity contribution in [3.63, 3.8) is 0 Å². The Kier molecular flexibility index (Phi) is 6.08. The summed E-state index contributed by atoms with van der Waals surface area (Å²) in [6.45, 7) is -0.394. The summed E-state index contributed by atoms with van der Waals surface area (Å²) >= 11 is 1.26. The van der Waals surface area contributed by atoms with E-state index in [9.17, 15) is 18.3 Å². The third-order valence-electron chi connectivity index (χ3n) is 4.25. The van der Waals surface area contributed by atoms with Crippen molar-refractivity contribution in [1.29, 1.82) is 0 Å². The van der Waals surface area contributed by atoms with Crippen LogP contribution in [0.4, 0.5) is 0 Å². The van der Waals surface area contributed by atoms with Gasteiger partial charge in [0.1, 0.15) is 16.4 Å². The van der Waals surface area contributed by atoms with Gasteiger partial charge in [-0.3, -0.25) is 0 Å². The fraction of sp³-hybridized carbons (Fsp3) is 0.211. The number of esters is 1. The molecule has 1 unspecified atom stereocenters. The van der Waals surface area contributed by atoms with E-state index in [1.165, 1.54) is 44.0 Å². The Labute approximate surface area is 171 Å². The van der Waals surface area contributed by atoms with Crippen LogP contribution in [-0.4, -0.2) is 40.3 Å². The van der Waals surface area contributed by atoms with E-state index >= 15 is 0 Å². The maximum absolute atomic E-state index is 13.0. The molecule has 0 aliphatic rings. The van der Waals surface area contributed by atoms with E-state index in [-0.39, 0.29) is 22.0 Å². The Morgan fingerprint density at radius 1 is 1.24 bits per heavy atom. The minimum Gasteiger partial charge on any atom is -0.495 e. The fourth-order valence-electron chi connectivity index (χ4n) is 2.73. The van der Waals surface area contributed by atoms with Gasteiger partial charge in [-0.15, -0.1) is 11.3 Å². The van der Waals surface area contributed by atoms with Crippen molar-refractivity contribution < 1.29 is 32.2 Å². The van der Waals surface area contributed by atoms with Crippen molar-refractivity contribution in [2.24, 2.45) is 0 Å². The van der Waals surface area contributed by atoms with Gasteiger partial charge < -0.3 is 19.0 Å². The highest BCUT2D eigenvalue weighted by molar-refractivity contribution is 7.89. The van der Waals surface area contributed by atoms with Crippen LogP contribution in [-0.2, 0) is 20.4 Å². The van der Waals surface area contributed by atoms with E-state index < -0.39 is 28.1 Å². The van der Waals surface area contributed by atoms with Crippen molar-refractivity contribution in [3.05, 3.63) is 70.3 Å². The molecule has 0 aliphatic heterocycles. The van der Waals surface area contributed by atoms with Gasteiger partial charge in [0.15, 0.2) is 5.60 Å². The Hall–Kier alpha value is -2.66. The lowest BCUT2D eigenvalue weighted by Crippen LogP contribution is -2.41. The lowest BCUT2D eigenvalue weighted by atomic mass is 9.99. The predicted molar refractivity (Wildman–Crippen MR) is 106 cm³/mol. The maximum atomic E-state index is 13.0. The number of thiophene rings is 1. The van der Waals surface area contributed by atoms with E-state index in [1.807, 2.05) is 0 Å². The summed E-state index contributed by atoms with van der Waals surface area (Å²) < 4.78 is 43.5. The number of hydrogen-bond donors (Lipinski definition) is 2. The first-order valence-electron chi connectivity index (χ1n) is 8.38. The molecule has 0 radical (unpaired) electrons. The number of carbonyl (C=O) groups excluding carboxylic acids is 1. The molecule has 1 atom stereocenters. The Morgan fingerprint density at radius 2 is 2.03 bits per heavy atom. The smallest absolute Gasteiger partial charge is 0.337 e. The van der Waals surface area contributed by atoms with Gasteiger partial charge >= 0.3 is 5.97 Å². The highest BCUT2D eigenvalue weighted by Crippen LogP contribution is 2.33. The zero-order chi connectivity index (χ0) is 21.1. The van der Waals surface area contributed by atoms with E-state index in [0.717, 1.165) is 6.07 Å². The van der Waals surface area contributed by atoms with Gasteiger partial charge in [-0.1, -0.05) is 6.07 Å². The molecule has 0 spiro atoms. The van der Waals surface area contributed by atoms with E-state index in [4.69, 9.17) is 9.15 Å². The molecule has 29 heavy (non-hydrogen) atoms. The minimum atomic E-state index is -4.16. The lowest BCUT2D eigenvalue weighted by molar-refractivity contribution is 0.0600. The number of nitrogens with one attached hydrogen (secondary N) is 1. The quantitative estimate of drug-likeness (QED) is 0.520. The molecule has 1 aromatic carbocycles. The van der Waals surface area contributed by atoms with Crippen LogP contribution in [0.2, 0.25) is 0 Å². The summed E-state index contributed by atoms with van der Waals surface area (Å²) in [6.07, 6.45) is 1.39. The van der Waals surface area contributed by atoms with Gasteiger partial charge in [0.2, 0.25) is 10.0 Å². The van der Waals surface area contributed by atoms with Crippen molar-refractivity contribution in [1.82, 2.24) is 4.72 Å². The van der Waals surface area contributed by atoms with Crippen LogP contribution >= 0.6 is 11.3 Å². The summed E-state index contributed by atoms with van der Waals surface area (Å²) in [4.78, 5) is 12.0. The number of methoxy groups -OCH3 is 2. The number of ether oxygens (including phenoxy) is 2. The number of carbonyl (C=O) groups is 1. The standard InChI is InChI=1S/C19H19NO7S2/c1-25-14-8-7-13(18(21)26-2)11-15(14)29(23,24)20-12-19(22,16-5-3-9-27-16)17-6-4-10-28-17/h3-11,20,22H,12H2,1-2H3. The molecule has 0 saturated heterocycles. The molecule has 0 saturated carbocycles. The summed E-state index contributed by atoms with van der Waals surface area (Å²) in [6, 6.07) is 10.5. The highest BCUT2D eigenvalue weighted by atomic mass is 32.2. The molecule has 0 aliphatic carbocycles. The van der Waals surface area contributed by atoms with Gasteiger partial charge in [-0.05, 0) is 41.8 Å². The number of sulfonamides is 1. The second-order valence-electron chi connectivity index (χ2n) is 6.00. The molecular weight excluding hydrogens is 418 g/mol. The van der Waals surface area contributed by atoms with Crippen molar-refractivity contribution in [2.45, 2.75) is 10.5 Å². The van der Waals surface area contributed by atoms with Crippen molar-refractivity contribution in [3.8, 4) is 5.75 Å². The molecule has 0 bridgehead atoms. The molecule has 3 rings (SSSR count). The zero-order valence-electron chi connectivity index (χ0n) is 15.6. The predicted octanol–water partition coefficient (Wildman–Crippen LogP) is 2.35. The highest BCUT2D eigenvalue weighted by Gasteiger charge is 2.37. The molecule has 10 heteroatoms. The van der Waals surface area contributed by atoms with Gasteiger partial charge in [0.25, 0.3) is 0 Å². The van der Waals surface area contributed by atoms with Gasteiger partial charge in [-0.25, -0.2) is 17.9 Å². The molecule has 2 heterocycles. The molecule has 154 valence electrons. The number of furan rings is 1. The third-order valence-corrected chi connectivity index (χ3v) is 6.69. The van der Waals surface area contributed by atoms with Crippen molar-refractivity contribution >= 4 is 27.3 Å². The molecule has 2 N–H and O–H groups in total. The largest absolute Gasteiger partial charge is 0.495 e. The van der Waals surface area contributed by atoms with Crippen LogP contribution in [0.3, 0.4) is 0 Å². The van der Waals surface area contributed by atoms with Crippen molar-refractivity contribution in [2.75, 3.05) is 20.8 Å². The third kappa shape index (κ3) is 4.20. The lowest BCUT2D eigenvalue weighted by Gasteiger charge is -2.25. The molecule has 2 aromatic heterocycles. The summed E-state index contributed by atoms with van der Waals surface area (Å²) in [5, 5.41) is 13.0. The average molecular weight is 437 g/mol. The van der Waals surface area contributed by atoms with Crippen LogP contribution < -0.4 is 9.46 Å². The van der Waals surface area contributed by atoms with Gasteiger partial charge in [-0.2, -0.15) is 0 Å². The van der Waals surface area contributed by atoms with E-state index in [0.29, 0.717) is 4.88 Å². The van der Waals surface area contributed by atoms with E-state index in [1.54, 1.807) is 29.6 Å². The van der Waals surface area contributed by atoms with E-state index in [2.05, 4.69) is 9.46 Å². The first-order chi connectivity index (χ1) is 13.8. The fourth-order valence-corrected chi connectivity index (χ4v) is 4.81. The number of rotatable bonds is 8. The minimum absolute atomic E-state index is 0.0443. The van der Waals surface area contributed by atoms with Gasteiger partial charge in [0.05, 0.1) is 32.6 Å². The zero-order valence-corrected chi connectivity index (χ0v) is 17.2. The summed E-state index contributed by atoms with van der Waals surface area (Å²) in [5.41, 5.74) is -1.66. The molecule has 3 aromatic rings. The SMILES string of the molecule is COC(=O)c1ccc(OC)c(S(=O)(=O)NCC(O)(c2ccco2)c2cccs2)c1. The molecule has 0 amide bonds. The average Bonchev–Trinajstić information content (AvgIpc) is 3.45. The molecule has 0 fully saturated rings. The Bertz CT molecular complexity index is 1040. The summed E-state index contributed by atoms with van der Waals surface area (Å²) in [5.74, 6) is -0.449. The normalized spacial score (nSPS) is 13.6. The second-order valence-corrected chi connectivity index (χ2v) is 8.68. The van der Waals surface area contributed by atoms with Crippen LogP contribution in [0, 0.1) is 0 Å². The molecule has 8 nitrogen and oxygen atoms in total. The Morgan fingerprint density at radius 3 is 2.62 bits per heavy atom. The number of benzene rings is 1. The van der Waals surface area contributed by atoms with Crippen LogP contribution in [0.15, 0.2) is 63.4 Å². The van der Waals surface area contributed by atoms with Crippen LogP contribution in [0.25, 0.3) is 0 Å². The monoisotopic (exact) mass is 437 g/mol.